The minimum atomic E-state index is -0.746. The van der Waals surface area contributed by atoms with Crippen molar-refractivity contribution < 1.29 is 9.31 Å². The molecule has 6 heteroatoms. The molecule has 0 aromatic carbocycles. The molecule has 1 aromatic rings. The molecule has 0 unspecified atom stereocenters. The van der Waals surface area contributed by atoms with E-state index < -0.39 is 11.6 Å². The van der Waals surface area contributed by atoms with Crippen LogP contribution in [-0.2, 0) is 6.67 Å². The van der Waals surface area contributed by atoms with Gasteiger partial charge in [-0.05, 0) is 25.8 Å². The van der Waals surface area contributed by atoms with Crippen molar-refractivity contribution in [2.45, 2.75) is 6.67 Å². The van der Waals surface area contributed by atoms with Gasteiger partial charge < -0.3 is 10.1 Å². The summed E-state index contributed by atoms with van der Waals surface area (Å²) >= 11 is 3.01. The molecular weight excluding hydrogens is 231 g/mol. The molecular formula is C6H4BrFN2O2. The van der Waals surface area contributed by atoms with Crippen LogP contribution < -0.4 is 0 Å². The second-order valence-corrected chi connectivity index (χ2v) is 2.88. The lowest BCUT2D eigenvalue weighted by molar-refractivity contribution is -0.389. The van der Waals surface area contributed by atoms with Crippen molar-refractivity contribution in [3.05, 3.63) is 32.4 Å². The third kappa shape index (κ3) is 1.76. The first-order valence-corrected chi connectivity index (χ1v) is 3.79. The van der Waals surface area contributed by atoms with E-state index in [-0.39, 0.29) is 11.4 Å². The predicted molar refractivity (Wildman–Crippen MR) is 43.4 cm³/mol. The van der Waals surface area contributed by atoms with E-state index in [4.69, 9.17) is 0 Å². The molecule has 0 N–H and O–H groups in total. The van der Waals surface area contributed by atoms with Crippen LogP contribution in [0, 0.1) is 10.1 Å². The van der Waals surface area contributed by atoms with Gasteiger partial charge in [0, 0.05) is 11.6 Å². The molecule has 0 aliphatic carbocycles. The molecule has 0 fully saturated rings. The summed E-state index contributed by atoms with van der Waals surface area (Å²) in [4.78, 5) is 13.0. The van der Waals surface area contributed by atoms with Crippen LogP contribution in [0.1, 0.15) is 5.56 Å². The third-order valence-electron chi connectivity index (χ3n) is 1.25. The predicted octanol–water partition coefficient (Wildman–Crippen LogP) is 2.22. The number of hydrogen-bond donors (Lipinski definition) is 0. The lowest BCUT2D eigenvalue weighted by Gasteiger charge is -1.96. The van der Waals surface area contributed by atoms with Crippen LogP contribution >= 0.6 is 15.9 Å². The van der Waals surface area contributed by atoms with Gasteiger partial charge in [-0.2, -0.15) is 0 Å². The number of halogens is 2. The van der Waals surface area contributed by atoms with Gasteiger partial charge in [0.2, 0.25) is 0 Å². The largest absolute Gasteiger partial charge is 0.363 e. The van der Waals surface area contributed by atoms with Crippen LogP contribution in [0.3, 0.4) is 0 Å². The third-order valence-corrected chi connectivity index (χ3v) is 1.97. The maximum atomic E-state index is 12.1. The van der Waals surface area contributed by atoms with Gasteiger partial charge in [0.15, 0.2) is 6.20 Å². The average molecular weight is 235 g/mol. The summed E-state index contributed by atoms with van der Waals surface area (Å²) in [5.41, 5.74) is 0.233. The Labute approximate surface area is 75.7 Å². The van der Waals surface area contributed by atoms with Gasteiger partial charge in [-0.15, -0.1) is 0 Å². The Bertz CT molecular complexity index is 318. The smallest absolute Gasteiger partial charge is 0.358 e. The summed E-state index contributed by atoms with van der Waals surface area (Å²) in [6.07, 6.45) is 1.22. The lowest BCUT2D eigenvalue weighted by Crippen LogP contribution is -1.93. The summed E-state index contributed by atoms with van der Waals surface area (Å²) in [7, 11) is 0. The fourth-order valence-corrected chi connectivity index (χ4v) is 0.993. The van der Waals surface area contributed by atoms with Crippen molar-refractivity contribution in [1.82, 2.24) is 4.98 Å². The molecule has 0 saturated carbocycles. The molecule has 1 aromatic heterocycles. The highest BCUT2D eigenvalue weighted by Crippen LogP contribution is 2.20. The van der Waals surface area contributed by atoms with E-state index in [2.05, 4.69) is 20.9 Å². The van der Waals surface area contributed by atoms with E-state index in [9.17, 15) is 14.5 Å². The second kappa shape index (κ2) is 3.57. The monoisotopic (exact) mass is 234 g/mol. The van der Waals surface area contributed by atoms with Gasteiger partial charge in [0.1, 0.15) is 6.67 Å². The topological polar surface area (TPSA) is 56.0 Å². The minimum Gasteiger partial charge on any atom is -0.358 e. The number of aromatic nitrogens is 1. The van der Waals surface area contributed by atoms with Gasteiger partial charge in [-0.25, -0.2) is 4.39 Å². The zero-order valence-electron chi connectivity index (χ0n) is 5.83. The zero-order valence-corrected chi connectivity index (χ0v) is 7.41. The maximum Gasteiger partial charge on any atom is 0.363 e. The molecule has 1 rings (SSSR count). The quantitative estimate of drug-likeness (QED) is 0.583. The maximum absolute atomic E-state index is 12.1. The average Bonchev–Trinajstić information content (AvgIpc) is 2.05. The Morgan fingerprint density at radius 1 is 1.75 bits per heavy atom. The Balaban J connectivity index is 3.13. The molecule has 4 nitrogen and oxygen atoms in total. The van der Waals surface area contributed by atoms with E-state index in [1.54, 1.807) is 0 Å². The summed E-state index contributed by atoms with van der Waals surface area (Å²) in [6, 6.07) is 1.10. The molecule has 0 aliphatic heterocycles. The number of alkyl halides is 1. The Kier molecular flexibility index (Phi) is 2.69. The van der Waals surface area contributed by atoms with Crippen molar-refractivity contribution in [2.75, 3.05) is 0 Å². The van der Waals surface area contributed by atoms with Crippen molar-refractivity contribution in [1.29, 1.82) is 0 Å². The Morgan fingerprint density at radius 3 is 2.92 bits per heavy atom. The highest BCUT2D eigenvalue weighted by molar-refractivity contribution is 9.10. The second-order valence-electron chi connectivity index (χ2n) is 2.02. The first-order valence-electron chi connectivity index (χ1n) is 3.00. The molecule has 12 heavy (non-hydrogen) atoms. The highest BCUT2D eigenvalue weighted by atomic mass is 79.9. The molecule has 0 amide bonds. The van der Waals surface area contributed by atoms with Crippen LogP contribution in [0.2, 0.25) is 0 Å². The van der Waals surface area contributed by atoms with Crippen LogP contribution in [0.4, 0.5) is 10.2 Å². The summed E-state index contributed by atoms with van der Waals surface area (Å²) in [5, 5.41) is 10.2. The molecule has 0 bridgehead atoms. The normalized spacial score (nSPS) is 9.83. The molecule has 64 valence electrons. The van der Waals surface area contributed by atoms with Gasteiger partial charge in [-0.1, -0.05) is 0 Å². The zero-order chi connectivity index (χ0) is 9.14. The van der Waals surface area contributed by atoms with Crippen LogP contribution in [-0.4, -0.2) is 9.91 Å². The summed E-state index contributed by atoms with van der Waals surface area (Å²) < 4.78 is 12.6. The number of nitrogens with zero attached hydrogens (tertiary/aromatic N) is 2. The molecule has 0 atom stereocenters. The van der Waals surface area contributed by atoms with Crippen LogP contribution in [0.25, 0.3) is 0 Å². The first-order chi connectivity index (χ1) is 5.65. The standard InChI is InChI=1S/C6H4BrFN2O2/c7-5-3-9-6(10(11)12)1-4(5)2-8/h1,3H,2H2. The molecule has 0 saturated heterocycles. The number of nitro groups is 1. The molecule has 0 aliphatic rings. The fourth-order valence-electron chi connectivity index (χ4n) is 0.670. The van der Waals surface area contributed by atoms with E-state index in [0.29, 0.717) is 4.47 Å². The fraction of sp³-hybridized carbons (Fsp3) is 0.167. The van der Waals surface area contributed by atoms with Crippen molar-refractivity contribution >= 4 is 21.7 Å². The SMILES string of the molecule is O=[N+]([O-])c1cc(CF)c(Br)cn1. The van der Waals surface area contributed by atoms with Gasteiger partial charge in [0.05, 0.1) is 4.47 Å². The van der Waals surface area contributed by atoms with E-state index in [1.807, 2.05) is 0 Å². The number of hydrogen-bond acceptors (Lipinski definition) is 3. The number of rotatable bonds is 2. The summed E-state index contributed by atoms with van der Waals surface area (Å²) in [6.45, 7) is -0.746. The van der Waals surface area contributed by atoms with Gasteiger partial charge in [0.25, 0.3) is 0 Å². The van der Waals surface area contributed by atoms with Crippen LogP contribution in [0.5, 0.6) is 0 Å². The van der Waals surface area contributed by atoms with E-state index in [0.717, 1.165) is 6.07 Å². The Hall–Kier alpha value is -1.04. The lowest BCUT2D eigenvalue weighted by atomic mass is 10.3. The van der Waals surface area contributed by atoms with Crippen molar-refractivity contribution in [3.8, 4) is 0 Å². The van der Waals surface area contributed by atoms with Crippen molar-refractivity contribution in [3.63, 3.8) is 0 Å². The van der Waals surface area contributed by atoms with Gasteiger partial charge in [-0.3, -0.25) is 0 Å². The molecule has 0 spiro atoms. The number of pyridine rings is 1. The Morgan fingerprint density at radius 2 is 2.42 bits per heavy atom. The first kappa shape index (κ1) is 9.05. The van der Waals surface area contributed by atoms with E-state index >= 15 is 0 Å². The molecule has 1 heterocycles. The molecule has 0 radical (unpaired) electrons. The highest BCUT2D eigenvalue weighted by Gasteiger charge is 2.10. The minimum absolute atomic E-state index is 0.233. The van der Waals surface area contributed by atoms with Gasteiger partial charge >= 0.3 is 5.82 Å². The summed E-state index contributed by atoms with van der Waals surface area (Å²) in [5.74, 6) is -0.342. The van der Waals surface area contributed by atoms with Crippen LogP contribution in [0.15, 0.2) is 16.7 Å². The van der Waals surface area contributed by atoms with Crippen molar-refractivity contribution in [2.24, 2.45) is 0 Å². The van der Waals surface area contributed by atoms with E-state index in [1.165, 1.54) is 6.20 Å².